The molecule has 5 rings (SSSR count). The van der Waals surface area contributed by atoms with Crippen molar-refractivity contribution in [1.82, 2.24) is 25.9 Å². The molecule has 0 saturated heterocycles. The standard InChI is InChI=1S/C28H28N5O3P/c34-37(35,36)27(17-13-20-10-14-23-8-4-5-9-25(23)18-20)29-26(28-30-32-33-31-28)19-21-11-15-24(16-12-21)22-6-2-1-3-7-22/h1-12,14-16,18,26-27,29H,13,17,19H2,(H2,34,35,36)(H,30,31,32,33). The molecule has 5 aromatic rings. The van der Waals surface area contributed by atoms with E-state index < -0.39 is 19.4 Å². The van der Waals surface area contributed by atoms with Crippen molar-refractivity contribution in [2.45, 2.75) is 31.1 Å². The van der Waals surface area contributed by atoms with Crippen LogP contribution in [0, 0.1) is 0 Å². The van der Waals surface area contributed by atoms with Crippen molar-refractivity contribution in [3.05, 3.63) is 114 Å². The van der Waals surface area contributed by atoms with Crippen molar-refractivity contribution in [3.63, 3.8) is 0 Å². The molecule has 0 spiro atoms. The van der Waals surface area contributed by atoms with Gasteiger partial charge in [0.15, 0.2) is 5.82 Å². The highest BCUT2D eigenvalue weighted by atomic mass is 31.2. The summed E-state index contributed by atoms with van der Waals surface area (Å²) < 4.78 is 12.5. The molecule has 1 heterocycles. The van der Waals surface area contributed by atoms with Crippen LogP contribution < -0.4 is 5.32 Å². The Hall–Kier alpha value is -3.68. The third-order valence-electron chi connectivity index (χ3n) is 6.51. The highest BCUT2D eigenvalue weighted by molar-refractivity contribution is 7.52. The Morgan fingerprint density at radius 2 is 1.49 bits per heavy atom. The maximum atomic E-state index is 12.5. The molecule has 1 aromatic heterocycles. The van der Waals surface area contributed by atoms with Crippen LogP contribution in [0.4, 0.5) is 0 Å². The van der Waals surface area contributed by atoms with E-state index in [0.29, 0.717) is 18.7 Å². The summed E-state index contributed by atoms with van der Waals surface area (Å²) in [6.07, 6.45) is 1.23. The van der Waals surface area contributed by atoms with Crippen LogP contribution in [0.3, 0.4) is 0 Å². The summed E-state index contributed by atoms with van der Waals surface area (Å²) in [6.45, 7) is 0. The number of hydrogen-bond acceptors (Lipinski definition) is 5. The Morgan fingerprint density at radius 3 is 2.19 bits per heavy atom. The van der Waals surface area contributed by atoms with Gasteiger partial charge >= 0.3 is 7.60 Å². The highest BCUT2D eigenvalue weighted by Gasteiger charge is 2.32. The summed E-state index contributed by atoms with van der Waals surface area (Å²) in [5.41, 5.74) is 4.23. The fourth-order valence-electron chi connectivity index (χ4n) is 4.53. The Kier molecular flexibility index (Phi) is 7.53. The number of aryl methyl sites for hydroxylation is 1. The van der Waals surface area contributed by atoms with Gasteiger partial charge in [-0.1, -0.05) is 97.1 Å². The molecule has 0 radical (unpaired) electrons. The summed E-state index contributed by atoms with van der Waals surface area (Å²) in [4.78, 5) is 20.4. The number of nitrogens with one attached hydrogen (secondary N) is 2. The van der Waals surface area contributed by atoms with Crippen LogP contribution in [0.5, 0.6) is 0 Å². The van der Waals surface area contributed by atoms with Crippen molar-refractivity contribution >= 4 is 18.4 Å². The number of aromatic amines is 1. The molecule has 4 N–H and O–H groups in total. The van der Waals surface area contributed by atoms with Gasteiger partial charge in [0.25, 0.3) is 0 Å². The third-order valence-corrected chi connectivity index (χ3v) is 7.73. The number of aromatic nitrogens is 4. The van der Waals surface area contributed by atoms with E-state index in [0.717, 1.165) is 33.0 Å². The summed E-state index contributed by atoms with van der Waals surface area (Å²) in [6, 6.07) is 31.9. The van der Waals surface area contributed by atoms with Crippen LogP contribution in [0.1, 0.15) is 29.4 Å². The first kappa shape index (κ1) is 25.0. The Morgan fingerprint density at radius 1 is 0.811 bits per heavy atom. The Labute approximate surface area is 214 Å². The topological polar surface area (TPSA) is 124 Å². The molecular formula is C28H28N5O3P. The zero-order valence-corrected chi connectivity index (χ0v) is 21.0. The van der Waals surface area contributed by atoms with E-state index >= 15 is 0 Å². The van der Waals surface area contributed by atoms with E-state index in [9.17, 15) is 14.4 Å². The van der Waals surface area contributed by atoms with Gasteiger partial charge in [-0.2, -0.15) is 0 Å². The van der Waals surface area contributed by atoms with Gasteiger partial charge in [0.2, 0.25) is 0 Å². The molecule has 0 fully saturated rings. The van der Waals surface area contributed by atoms with Gasteiger partial charge in [0.05, 0.1) is 6.04 Å². The molecule has 37 heavy (non-hydrogen) atoms. The third kappa shape index (κ3) is 6.37. The fraction of sp³-hybridized carbons (Fsp3) is 0.179. The van der Waals surface area contributed by atoms with Gasteiger partial charge < -0.3 is 9.79 Å². The largest absolute Gasteiger partial charge is 0.342 e. The molecule has 9 heteroatoms. The lowest BCUT2D eigenvalue weighted by Crippen LogP contribution is -2.35. The smallest absolute Gasteiger partial charge is 0.323 e. The number of tetrazole rings is 1. The van der Waals surface area contributed by atoms with E-state index in [1.54, 1.807) is 0 Å². The summed E-state index contributed by atoms with van der Waals surface area (Å²) in [7, 11) is -4.46. The molecule has 0 aliphatic carbocycles. The molecule has 0 saturated carbocycles. The van der Waals surface area contributed by atoms with Crippen molar-refractivity contribution in [2.75, 3.05) is 0 Å². The number of fused-ring (bicyclic) bond motifs is 1. The van der Waals surface area contributed by atoms with Crippen LogP contribution >= 0.6 is 7.60 Å². The number of hydrogen-bond donors (Lipinski definition) is 4. The van der Waals surface area contributed by atoms with Crippen LogP contribution in [-0.2, 0) is 17.4 Å². The minimum atomic E-state index is -4.46. The average Bonchev–Trinajstić information content (AvgIpc) is 3.45. The first-order valence-corrected chi connectivity index (χ1v) is 13.8. The van der Waals surface area contributed by atoms with Crippen molar-refractivity contribution < 1.29 is 14.4 Å². The minimum Gasteiger partial charge on any atom is -0.323 e. The highest BCUT2D eigenvalue weighted by Crippen LogP contribution is 2.43. The van der Waals surface area contributed by atoms with Gasteiger partial charge in [-0.05, 0) is 62.7 Å². The van der Waals surface area contributed by atoms with Crippen molar-refractivity contribution in [2.24, 2.45) is 0 Å². The number of nitrogens with zero attached hydrogens (tertiary/aromatic N) is 3. The Bertz CT molecular complexity index is 1490. The van der Waals surface area contributed by atoms with Gasteiger partial charge in [-0.25, -0.2) is 5.10 Å². The lowest BCUT2D eigenvalue weighted by Gasteiger charge is -2.25. The minimum absolute atomic E-state index is 0.258. The number of H-pyrrole nitrogens is 1. The molecule has 188 valence electrons. The fourth-order valence-corrected chi connectivity index (χ4v) is 5.37. The molecule has 0 bridgehead atoms. The SMILES string of the molecule is O=P(O)(O)C(CCc1ccc2ccccc2c1)NC(Cc1ccc(-c2ccccc2)cc1)c1nnn[nH]1. The maximum Gasteiger partial charge on any atom is 0.342 e. The molecule has 2 atom stereocenters. The van der Waals surface area contributed by atoms with Crippen LogP contribution in [0.2, 0.25) is 0 Å². The van der Waals surface area contributed by atoms with Crippen molar-refractivity contribution in [3.8, 4) is 11.1 Å². The van der Waals surface area contributed by atoms with E-state index in [1.165, 1.54) is 0 Å². The van der Waals surface area contributed by atoms with Crippen LogP contribution in [0.15, 0.2) is 97.1 Å². The van der Waals surface area contributed by atoms with Crippen molar-refractivity contribution in [1.29, 1.82) is 0 Å². The Balaban J connectivity index is 1.33. The predicted molar refractivity (Wildman–Crippen MR) is 144 cm³/mol. The normalized spacial score (nSPS) is 13.5. The molecule has 4 aromatic carbocycles. The second-order valence-electron chi connectivity index (χ2n) is 9.10. The molecular weight excluding hydrogens is 485 g/mol. The van der Waals surface area contributed by atoms with Gasteiger partial charge in [0, 0.05) is 0 Å². The predicted octanol–water partition coefficient (Wildman–Crippen LogP) is 5.03. The van der Waals surface area contributed by atoms with Gasteiger partial charge in [-0.15, -0.1) is 5.10 Å². The zero-order chi connectivity index (χ0) is 25.7. The van der Waals surface area contributed by atoms with E-state index in [-0.39, 0.29) is 6.42 Å². The maximum absolute atomic E-state index is 12.5. The number of benzene rings is 4. The monoisotopic (exact) mass is 513 g/mol. The average molecular weight is 514 g/mol. The second kappa shape index (κ2) is 11.2. The summed E-state index contributed by atoms with van der Waals surface area (Å²) in [5, 5.41) is 19.5. The lowest BCUT2D eigenvalue weighted by atomic mass is 10.00. The molecule has 0 amide bonds. The second-order valence-corrected chi connectivity index (χ2v) is 10.9. The van der Waals surface area contributed by atoms with Crippen LogP contribution in [0.25, 0.3) is 21.9 Å². The molecule has 0 aliphatic rings. The lowest BCUT2D eigenvalue weighted by molar-refractivity contribution is 0.328. The molecule has 8 nitrogen and oxygen atoms in total. The molecule has 0 aliphatic heterocycles. The van der Waals surface area contributed by atoms with Gasteiger partial charge in [-0.3, -0.25) is 9.88 Å². The van der Waals surface area contributed by atoms with Gasteiger partial charge in [0.1, 0.15) is 5.78 Å². The van der Waals surface area contributed by atoms with Crippen LogP contribution in [-0.4, -0.2) is 36.2 Å². The number of rotatable bonds is 10. The first-order chi connectivity index (χ1) is 18.0. The van der Waals surface area contributed by atoms with E-state index in [2.05, 4.69) is 44.1 Å². The van der Waals surface area contributed by atoms with E-state index in [1.807, 2.05) is 78.9 Å². The summed E-state index contributed by atoms with van der Waals surface area (Å²) >= 11 is 0. The zero-order valence-electron chi connectivity index (χ0n) is 20.1. The summed E-state index contributed by atoms with van der Waals surface area (Å²) in [5.74, 6) is -0.631. The quantitative estimate of drug-likeness (QED) is 0.193. The van der Waals surface area contributed by atoms with E-state index in [4.69, 9.17) is 0 Å². The molecule has 2 unspecified atom stereocenters. The first-order valence-electron chi connectivity index (χ1n) is 12.1.